The van der Waals surface area contributed by atoms with Gasteiger partial charge < -0.3 is 10.2 Å². The second kappa shape index (κ2) is 6.15. The van der Waals surface area contributed by atoms with E-state index in [0.29, 0.717) is 12.5 Å². The molecule has 4 nitrogen and oxygen atoms in total. The van der Waals surface area contributed by atoms with Gasteiger partial charge in [0.05, 0.1) is 0 Å². The van der Waals surface area contributed by atoms with Crippen LogP contribution in [-0.2, 0) is 9.59 Å². The lowest BCUT2D eigenvalue weighted by Crippen LogP contribution is -2.68. The minimum absolute atomic E-state index is 0.0111. The van der Waals surface area contributed by atoms with Gasteiger partial charge in [-0.05, 0) is 17.3 Å². The molecule has 0 aromatic carbocycles. The van der Waals surface area contributed by atoms with Crippen molar-refractivity contribution in [3.8, 4) is 0 Å². The molecule has 1 heterocycles. The van der Waals surface area contributed by atoms with Crippen LogP contribution in [0.5, 0.6) is 0 Å². The summed E-state index contributed by atoms with van der Waals surface area (Å²) < 4.78 is 0. The summed E-state index contributed by atoms with van der Waals surface area (Å²) in [6.45, 7) is 14.9. The molecule has 0 spiro atoms. The summed E-state index contributed by atoms with van der Waals surface area (Å²) in [5.74, 6) is 0.588. The average molecular weight is 282 g/mol. The molecule has 1 saturated heterocycles. The van der Waals surface area contributed by atoms with E-state index in [1.165, 1.54) is 0 Å². The largest absolute Gasteiger partial charge is 0.342 e. The Kier molecular flexibility index (Phi) is 5.22. The minimum Gasteiger partial charge on any atom is -0.342 e. The molecule has 3 unspecified atom stereocenters. The SMILES string of the molecule is CCC(C)C1NC(=O)C(C(C)(C)C)N(CC(C)C)C1=O. The van der Waals surface area contributed by atoms with E-state index < -0.39 is 0 Å². The van der Waals surface area contributed by atoms with Crippen LogP contribution in [-0.4, -0.2) is 35.3 Å². The third-order valence-corrected chi connectivity index (χ3v) is 4.00. The third-order valence-electron chi connectivity index (χ3n) is 4.00. The van der Waals surface area contributed by atoms with Crippen molar-refractivity contribution < 1.29 is 9.59 Å². The Morgan fingerprint density at radius 3 is 2.15 bits per heavy atom. The van der Waals surface area contributed by atoms with E-state index in [-0.39, 0.29) is 35.2 Å². The molecule has 0 aromatic heterocycles. The molecule has 1 aliphatic heterocycles. The van der Waals surface area contributed by atoms with Crippen LogP contribution in [0, 0.1) is 17.3 Å². The van der Waals surface area contributed by atoms with E-state index in [2.05, 4.69) is 19.2 Å². The first-order valence-electron chi connectivity index (χ1n) is 7.70. The fourth-order valence-corrected chi connectivity index (χ4v) is 2.81. The predicted molar refractivity (Wildman–Crippen MR) is 81.2 cm³/mol. The van der Waals surface area contributed by atoms with Gasteiger partial charge in [-0.2, -0.15) is 0 Å². The quantitative estimate of drug-likeness (QED) is 0.861. The zero-order valence-electron chi connectivity index (χ0n) is 14.0. The standard InChI is InChI=1S/C16H30N2O2/c1-8-11(4)12-15(20)18(9-10(2)3)13(14(19)17-12)16(5,6)7/h10-13H,8-9H2,1-7H3,(H,17,19). The fraction of sp³-hybridized carbons (Fsp3) is 0.875. The molecule has 0 saturated carbocycles. The van der Waals surface area contributed by atoms with Crippen LogP contribution in [0.4, 0.5) is 0 Å². The first-order chi connectivity index (χ1) is 9.09. The van der Waals surface area contributed by atoms with Gasteiger partial charge in [0, 0.05) is 6.54 Å². The number of nitrogens with zero attached hydrogens (tertiary/aromatic N) is 1. The molecule has 20 heavy (non-hydrogen) atoms. The molecule has 1 aliphatic rings. The zero-order valence-corrected chi connectivity index (χ0v) is 14.0. The zero-order chi connectivity index (χ0) is 15.7. The van der Waals surface area contributed by atoms with Crippen molar-refractivity contribution in [1.29, 1.82) is 0 Å². The Hall–Kier alpha value is -1.06. The minimum atomic E-state index is -0.377. The molecule has 116 valence electrons. The number of hydrogen-bond donors (Lipinski definition) is 1. The number of amides is 2. The summed E-state index contributed by atoms with van der Waals surface area (Å²) in [7, 11) is 0. The number of rotatable bonds is 4. The topological polar surface area (TPSA) is 49.4 Å². The van der Waals surface area contributed by atoms with E-state index in [0.717, 1.165) is 6.42 Å². The van der Waals surface area contributed by atoms with Crippen molar-refractivity contribution in [3.05, 3.63) is 0 Å². The van der Waals surface area contributed by atoms with E-state index in [9.17, 15) is 9.59 Å². The molecule has 0 radical (unpaired) electrons. The van der Waals surface area contributed by atoms with Crippen LogP contribution in [0.15, 0.2) is 0 Å². The summed E-state index contributed by atoms with van der Waals surface area (Å²) in [6.07, 6.45) is 0.881. The van der Waals surface area contributed by atoms with Crippen molar-refractivity contribution in [2.75, 3.05) is 6.54 Å². The Bertz CT molecular complexity index is 371. The molecular formula is C16H30N2O2. The smallest absolute Gasteiger partial charge is 0.246 e. The first-order valence-corrected chi connectivity index (χ1v) is 7.70. The summed E-state index contributed by atoms with van der Waals surface area (Å²) in [4.78, 5) is 27.1. The van der Waals surface area contributed by atoms with Gasteiger partial charge in [-0.1, -0.05) is 54.9 Å². The molecule has 2 amide bonds. The van der Waals surface area contributed by atoms with Crippen LogP contribution in [0.3, 0.4) is 0 Å². The lowest BCUT2D eigenvalue weighted by Gasteiger charge is -2.46. The van der Waals surface area contributed by atoms with Gasteiger partial charge in [0.1, 0.15) is 12.1 Å². The summed E-state index contributed by atoms with van der Waals surface area (Å²) in [5.41, 5.74) is -0.255. The number of carbonyl (C=O) groups is 2. The molecule has 1 N–H and O–H groups in total. The molecule has 3 atom stereocenters. The third kappa shape index (κ3) is 3.53. The maximum absolute atomic E-state index is 12.8. The van der Waals surface area contributed by atoms with E-state index in [1.807, 2.05) is 34.6 Å². The lowest BCUT2D eigenvalue weighted by atomic mass is 9.81. The summed E-state index contributed by atoms with van der Waals surface area (Å²) in [5, 5.41) is 2.95. The normalized spacial score (nSPS) is 25.9. The van der Waals surface area contributed by atoms with Gasteiger partial charge in [-0.25, -0.2) is 0 Å². The lowest BCUT2D eigenvalue weighted by molar-refractivity contribution is -0.156. The second-order valence-electron chi connectivity index (χ2n) is 7.52. The Labute approximate surface area is 123 Å². The number of nitrogens with one attached hydrogen (secondary N) is 1. The molecule has 1 fully saturated rings. The Morgan fingerprint density at radius 1 is 1.20 bits per heavy atom. The Morgan fingerprint density at radius 2 is 1.75 bits per heavy atom. The van der Waals surface area contributed by atoms with Crippen molar-refractivity contribution in [2.45, 2.75) is 67.0 Å². The highest BCUT2D eigenvalue weighted by atomic mass is 16.2. The van der Waals surface area contributed by atoms with E-state index in [1.54, 1.807) is 4.90 Å². The average Bonchev–Trinajstić information content (AvgIpc) is 2.30. The van der Waals surface area contributed by atoms with Crippen molar-refractivity contribution in [2.24, 2.45) is 17.3 Å². The van der Waals surface area contributed by atoms with Crippen molar-refractivity contribution >= 4 is 11.8 Å². The van der Waals surface area contributed by atoms with Gasteiger partial charge >= 0.3 is 0 Å². The van der Waals surface area contributed by atoms with Crippen molar-refractivity contribution in [3.63, 3.8) is 0 Å². The molecule has 1 rings (SSSR count). The molecule has 0 bridgehead atoms. The summed E-state index contributed by atoms with van der Waals surface area (Å²) >= 11 is 0. The Balaban J connectivity index is 3.11. The van der Waals surface area contributed by atoms with Crippen LogP contribution in [0.25, 0.3) is 0 Å². The summed E-state index contributed by atoms with van der Waals surface area (Å²) in [6, 6.07) is -0.748. The van der Waals surface area contributed by atoms with Crippen LogP contribution in [0.1, 0.15) is 54.9 Å². The van der Waals surface area contributed by atoms with Gasteiger partial charge in [0.2, 0.25) is 11.8 Å². The highest BCUT2D eigenvalue weighted by Gasteiger charge is 2.47. The van der Waals surface area contributed by atoms with Crippen LogP contribution >= 0.6 is 0 Å². The number of hydrogen-bond acceptors (Lipinski definition) is 2. The molecule has 4 heteroatoms. The molecular weight excluding hydrogens is 252 g/mol. The van der Waals surface area contributed by atoms with Crippen molar-refractivity contribution in [1.82, 2.24) is 10.2 Å². The fourth-order valence-electron chi connectivity index (χ4n) is 2.81. The maximum Gasteiger partial charge on any atom is 0.246 e. The van der Waals surface area contributed by atoms with E-state index >= 15 is 0 Å². The van der Waals surface area contributed by atoms with Crippen LogP contribution < -0.4 is 5.32 Å². The highest BCUT2D eigenvalue weighted by molar-refractivity contribution is 5.97. The monoisotopic (exact) mass is 282 g/mol. The second-order valence-corrected chi connectivity index (χ2v) is 7.52. The molecule has 0 aromatic rings. The maximum atomic E-state index is 12.8. The number of piperazine rings is 1. The highest BCUT2D eigenvalue weighted by Crippen LogP contribution is 2.30. The van der Waals surface area contributed by atoms with Crippen LogP contribution in [0.2, 0.25) is 0 Å². The predicted octanol–water partition coefficient (Wildman–Crippen LogP) is 2.43. The van der Waals surface area contributed by atoms with E-state index in [4.69, 9.17) is 0 Å². The first kappa shape index (κ1) is 17.0. The molecule has 0 aliphatic carbocycles. The number of carbonyl (C=O) groups excluding carboxylic acids is 2. The van der Waals surface area contributed by atoms with Gasteiger partial charge in [-0.15, -0.1) is 0 Å². The van der Waals surface area contributed by atoms with Gasteiger partial charge in [0.15, 0.2) is 0 Å². The van der Waals surface area contributed by atoms with Gasteiger partial charge in [-0.3, -0.25) is 9.59 Å². The van der Waals surface area contributed by atoms with Gasteiger partial charge in [0.25, 0.3) is 0 Å².